The van der Waals surface area contributed by atoms with Gasteiger partial charge in [0.2, 0.25) is 0 Å². The van der Waals surface area contributed by atoms with Crippen molar-refractivity contribution in [3.63, 3.8) is 0 Å². The molecule has 0 atom stereocenters. The van der Waals surface area contributed by atoms with Gasteiger partial charge >= 0.3 is 5.97 Å². The molecule has 0 amide bonds. The van der Waals surface area contributed by atoms with E-state index in [1.165, 1.54) is 18.4 Å². The van der Waals surface area contributed by atoms with Gasteiger partial charge in [-0.2, -0.15) is 0 Å². The number of allylic oxidation sites excluding steroid dienone is 1. The third kappa shape index (κ3) is 4.04. The number of ether oxygens (including phenoxy) is 1. The monoisotopic (exact) mass is 339 g/mol. The molecule has 134 valence electrons. The second kappa shape index (κ2) is 8.70. The third-order valence-corrected chi connectivity index (χ3v) is 4.43. The number of hydrogen-bond acceptors (Lipinski definition) is 2. The molecule has 0 bridgehead atoms. The molecular weight excluding hydrogens is 310 g/mol. The molecule has 0 aliphatic carbocycles. The predicted octanol–water partition coefficient (Wildman–Crippen LogP) is 5.43. The van der Waals surface area contributed by atoms with E-state index in [4.69, 9.17) is 4.74 Å². The maximum atomic E-state index is 12.6. The maximum absolute atomic E-state index is 12.6. The molecule has 0 aliphatic rings. The summed E-state index contributed by atoms with van der Waals surface area (Å²) in [5, 5.41) is 0. The van der Waals surface area contributed by atoms with Gasteiger partial charge in [0.1, 0.15) is 0 Å². The van der Waals surface area contributed by atoms with E-state index in [1.54, 1.807) is 0 Å². The van der Waals surface area contributed by atoms with Crippen LogP contribution in [0.25, 0.3) is 6.08 Å². The molecule has 1 aromatic heterocycles. The molecule has 2 rings (SSSR count). The number of rotatable bonds is 7. The molecule has 0 fully saturated rings. The number of carbonyl (C=O) groups is 1. The van der Waals surface area contributed by atoms with Crippen molar-refractivity contribution < 1.29 is 9.53 Å². The summed E-state index contributed by atoms with van der Waals surface area (Å²) in [6, 6.07) is 10.4. The van der Waals surface area contributed by atoms with Gasteiger partial charge in [-0.15, -0.1) is 0 Å². The van der Waals surface area contributed by atoms with Crippen molar-refractivity contribution in [3.8, 4) is 0 Å². The molecule has 0 spiro atoms. The van der Waals surface area contributed by atoms with Crippen LogP contribution in [0.4, 0.5) is 0 Å². The quantitative estimate of drug-likeness (QED) is 0.630. The first-order chi connectivity index (χ1) is 12.0. The summed E-state index contributed by atoms with van der Waals surface area (Å²) in [5.74, 6) is -0.0205. The fourth-order valence-electron chi connectivity index (χ4n) is 3.37. The van der Waals surface area contributed by atoms with Gasteiger partial charge in [0.05, 0.1) is 12.7 Å². The number of benzene rings is 1. The Balaban J connectivity index is 2.73. The predicted molar refractivity (Wildman–Crippen MR) is 104 cm³/mol. The van der Waals surface area contributed by atoms with E-state index in [0.29, 0.717) is 0 Å². The number of hydrogen-bond donors (Lipinski definition) is 0. The molecular formula is C22H29NO2. The van der Waals surface area contributed by atoms with Gasteiger partial charge in [-0.25, -0.2) is 4.79 Å². The Morgan fingerprint density at radius 3 is 2.40 bits per heavy atom. The van der Waals surface area contributed by atoms with Crippen LogP contribution in [0.3, 0.4) is 0 Å². The zero-order valence-corrected chi connectivity index (χ0v) is 16.0. The van der Waals surface area contributed by atoms with Crippen molar-refractivity contribution in [2.24, 2.45) is 0 Å². The summed E-state index contributed by atoms with van der Waals surface area (Å²) in [5.41, 5.74) is 5.21. The van der Waals surface area contributed by atoms with E-state index in [-0.39, 0.29) is 11.9 Å². The van der Waals surface area contributed by atoms with Crippen LogP contribution in [0.2, 0.25) is 0 Å². The van der Waals surface area contributed by atoms with Crippen LogP contribution in [-0.4, -0.2) is 17.6 Å². The standard InChI is InChI=1S/C22H29NO2/c1-6-8-14-18-19(7-2)23(15-17-12-10-9-11-13-17)21(16(3)4)20(18)22(24)25-5/h8-14,16H,6-7,15H2,1-5H3. The molecule has 1 heterocycles. The second-order valence-corrected chi connectivity index (χ2v) is 6.50. The highest BCUT2D eigenvalue weighted by atomic mass is 16.5. The fourth-order valence-corrected chi connectivity index (χ4v) is 3.37. The van der Waals surface area contributed by atoms with Gasteiger partial charge in [0, 0.05) is 23.5 Å². The van der Waals surface area contributed by atoms with Crippen molar-refractivity contribution in [1.82, 2.24) is 4.57 Å². The molecule has 0 saturated heterocycles. The summed E-state index contributed by atoms with van der Waals surface area (Å²) in [6.45, 7) is 9.28. The minimum atomic E-state index is -0.249. The lowest BCUT2D eigenvalue weighted by Crippen LogP contribution is -2.12. The molecule has 1 aromatic carbocycles. The Kier molecular flexibility index (Phi) is 6.63. The first kappa shape index (κ1) is 19.0. The van der Waals surface area contributed by atoms with Crippen molar-refractivity contribution in [2.75, 3.05) is 7.11 Å². The van der Waals surface area contributed by atoms with E-state index >= 15 is 0 Å². The molecule has 0 radical (unpaired) electrons. The Hall–Kier alpha value is -2.29. The number of carbonyl (C=O) groups excluding carboxylic acids is 1. The molecule has 3 nitrogen and oxygen atoms in total. The van der Waals surface area contributed by atoms with Gasteiger partial charge in [0.15, 0.2) is 0 Å². The molecule has 25 heavy (non-hydrogen) atoms. The average molecular weight is 339 g/mol. The highest BCUT2D eigenvalue weighted by Crippen LogP contribution is 2.32. The average Bonchev–Trinajstić information content (AvgIpc) is 2.93. The van der Waals surface area contributed by atoms with Crippen LogP contribution in [0, 0.1) is 0 Å². The lowest BCUT2D eigenvalue weighted by Gasteiger charge is -2.16. The minimum Gasteiger partial charge on any atom is -0.465 e. The molecule has 0 aliphatic heterocycles. The zero-order valence-electron chi connectivity index (χ0n) is 16.0. The fraction of sp³-hybridized carbons (Fsp3) is 0.409. The Morgan fingerprint density at radius 2 is 1.88 bits per heavy atom. The van der Waals surface area contributed by atoms with Crippen LogP contribution in [0.1, 0.15) is 72.9 Å². The van der Waals surface area contributed by atoms with Gasteiger partial charge in [-0.3, -0.25) is 0 Å². The highest BCUT2D eigenvalue weighted by Gasteiger charge is 2.27. The van der Waals surface area contributed by atoms with Gasteiger partial charge < -0.3 is 9.30 Å². The van der Waals surface area contributed by atoms with Crippen LogP contribution in [-0.2, 0) is 17.7 Å². The van der Waals surface area contributed by atoms with Crippen molar-refractivity contribution >= 4 is 12.0 Å². The normalized spacial score (nSPS) is 11.4. The van der Waals surface area contributed by atoms with Crippen molar-refractivity contribution in [1.29, 1.82) is 0 Å². The lowest BCUT2D eigenvalue weighted by molar-refractivity contribution is 0.0598. The first-order valence-electron chi connectivity index (χ1n) is 9.09. The number of esters is 1. The largest absolute Gasteiger partial charge is 0.465 e. The Bertz CT molecular complexity index is 739. The molecule has 0 unspecified atom stereocenters. The van der Waals surface area contributed by atoms with Crippen molar-refractivity contribution in [2.45, 2.75) is 53.0 Å². The Labute approximate surface area is 151 Å². The van der Waals surface area contributed by atoms with Gasteiger partial charge in [-0.05, 0) is 24.3 Å². The van der Waals surface area contributed by atoms with Crippen LogP contribution in [0.5, 0.6) is 0 Å². The first-order valence-corrected chi connectivity index (χ1v) is 9.09. The third-order valence-electron chi connectivity index (χ3n) is 4.43. The Morgan fingerprint density at radius 1 is 1.20 bits per heavy atom. The van der Waals surface area contributed by atoms with E-state index in [1.807, 2.05) is 6.07 Å². The second-order valence-electron chi connectivity index (χ2n) is 6.50. The summed E-state index contributed by atoms with van der Waals surface area (Å²) in [7, 11) is 1.46. The number of aromatic nitrogens is 1. The molecule has 2 aromatic rings. The number of methoxy groups -OCH3 is 1. The van der Waals surface area contributed by atoms with E-state index in [9.17, 15) is 4.79 Å². The minimum absolute atomic E-state index is 0.229. The molecule has 3 heteroatoms. The summed E-state index contributed by atoms with van der Waals surface area (Å²) >= 11 is 0. The summed E-state index contributed by atoms with van der Waals surface area (Å²) < 4.78 is 7.43. The van der Waals surface area contributed by atoms with Gasteiger partial charge in [0.25, 0.3) is 0 Å². The van der Waals surface area contributed by atoms with Gasteiger partial charge in [-0.1, -0.05) is 70.2 Å². The van der Waals surface area contributed by atoms with Crippen LogP contribution in [0.15, 0.2) is 36.4 Å². The zero-order chi connectivity index (χ0) is 18.4. The summed E-state index contributed by atoms with van der Waals surface area (Å²) in [6.07, 6.45) is 5.99. The van der Waals surface area contributed by atoms with Crippen LogP contribution < -0.4 is 0 Å². The maximum Gasteiger partial charge on any atom is 0.340 e. The SMILES string of the molecule is CCC=Cc1c(C(=O)OC)c(C(C)C)n(Cc2ccccc2)c1CC. The molecule has 0 saturated carbocycles. The van der Waals surface area contributed by atoms with Crippen molar-refractivity contribution in [3.05, 3.63) is 64.5 Å². The number of nitrogens with zero attached hydrogens (tertiary/aromatic N) is 1. The summed E-state index contributed by atoms with van der Waals surface area (Å²) in [4.78, 5) is 12.6. The molecule has 0 N–H and O–H groups in total. The van der Waals surface area contributed by atoms with E-state index < -0.39 is 0 Å². The van der Waals surface area contributed by atoms with E-state index in [2.05, 4.69) is 68.7 Å². The van der Waals surface area contributed by atoms with Crippen LogP contribution >= 0.6 is 0 Å². The smallest absolute Gasteiger partial charge is 0.340 e. The topological polar surface area (TPSA) is 31.2 Å². The highest BCUT2D eigenvalue weighted by molar-refractivity contribution is 5.96. The lowest BCUT2D eigenvalue weighted by atomic mass is 10.0. The van der Waals surface area contributed by atoms with E-state index in [0.717, 1.165) is 36.2 Å².